The molecule has 1 spiro atoms. The highest BCUT2D eigenvalue weighted by molar-refractivity contribution is 5.81. The summed E-state index contributed by atoms with van der Waals surface area (Å²) in [5.74, 6) is 1.67. The minimum Gasteiger partial charge on any atom is -0.356 e. The summed E-state index contributed by atoms with van der Waals surface area (Å²) in [7, 11) is 0. The van der Waals surface area contributed by atoms with Gasteiger partial charge in [0.15, 0.2) is 5.58 Å². The number of fused-ring (bicyclic) bond motifs is 1. The summed E-state index contributed by atoms with van der Waals surface area (Å²) >= 11 is 0. The topological polar surface area (TPSA) is 46.3 Å². The first-order valence-electron chi connectivity index (χ1n) is 10.2. The van der Waals surface area contributed by atoms with Crippen LogP contribution < -0.4 is 0 Å². The van der Waals surface area contributed by atoms with Crippen LogP contribution in [-0.2, 0) is 4.79 Å². The predicted octanol–water partition coefficient (Wildman–Crippen LogP) is 4.28. The second-order valence-corrected chi connectivity index (χ2v) is 8.90. The third kappa shape index (κ3) is 2.20. The number of nitrogens with zero attached hydrogens (tertiary/aromatic N) is 2. The number of piperidine rings is 1. The highest BCUT2D eigenvalue weighted by Crippen LogP contribution is 2.70. The second-order valence-electron chi connectivity index (χ2n) is 8.90. The standard InChI is InChI=1S/C22H23FN2O2/c23-15-2-3-16-19(12-15)27-24-20(16)13-5-9-25(10-6-13)21(26)17-11-14-1-4-18(17)22(14)7-8-22/h1-4,12-14,17-18H,5-11H2/t14-,17-,18-/m1/s1. The third-order valence-corrected chi connectivity index (χ3v) is 7.69. The molecule has 2 heterocycles. The van der Waals surface area contributed by atoms with Gasteiger partial charge in [-0.15, -0.1) is 0 Å². The van der Waals surface area contributed by atoms with Crippen molar-refractivity contribution in [1.82, 2.24) is 10.1 Å². The van der Waals surface area contributed by atoms with Gasteiger partial charge in [0, 0.05) is 36.4 Å². The average molecular weight is 366 g/mol. The van der Waals surface area contributed by atoms with Crippen LogP contribution in [0.15, 0.2) is 34.9 Å². The van der Waals surface area contributed by atoms with E-state index in [0.717, 1.165) is 43.4 Å². The van der Waals surface area contributed by atoms with E-state index in [9.17, 15) is 9.18 Å². The van der Waals surface area contributed by atoms with Crippen LogP contribution in [0.25, 0.3) is 11.0 Å². The number of amides is 1. The van der Waals surface area contributed by atoms with E-state index in [0.29, 0.717) is 28.7 Å². The molecule has 1 aliphatic heterocycles. The molecule has 0 unspecified atom stereocenters. The summed E-state index contributed by atoms with van der Waals surface area (Å²) in [6.07, 6.45) is 10.2. The zero-order valence-electron chi connectivity index (χ0n) is 15.2. The van der Waals surface area contributed by atoms with Crippen molar-refractivity contribution in [3.8, 4) is 0 Å². The van der Waals surface area contributed by atoms with Crippen molar-refractivity contribution >= 4 is 16.9 Å². The lowest BCUT2D eigenvalue weighted by Crippen LogP contribution is -2.42. The first-order chi connectivity index (χ1) is 13.2. The molecule has 4 nitrogen and oxygen atoms in total. The number of benzene rings is 1. The summed E-state index contributed by atoms with van der Waals surface area (Å²) in [6.45, 7) is 1.56. The molecule has 4 aliphatic rings. The van der Waals surface area contributed by atoms with Crippen LogP contribution in [0, 0.1) is 29.0 Å². The molecule has 6 rings (SSSR count). The van der Waals surface area contributed by atoms with E-state index in [4.69, 9.17) is 4.52 Å². The smallest absolute Gasteiger partial charge is 0.226 e. The van der Waals surface area contributed by atoms with E-state index in [1.165, 1.54) is 25.0 Å². The molecule has 5 heteroatoms. The Kier molecular flexibility index (Phi) is 3.19. The minimum atomic E-state index is -0.307. The Labute approximate surface area is 157 Å². The number of likely N-dealkylation sites (tertiary alicyclic amines) is 1. The van der Waals surface area contributed by atoms with Gasteiger partial charge in [0.2, 0.25) is 5.91 Å². The molecule has 1 aromatic carbocycles. The zero-order valence-corrected chi connectivity index (χ0v) is 15.2. The molecule has 3 aliphatic carbocycles. The van der Waals surface area contributed by atoms with Gasteiger partial charge in [-0.25, -0.2) is 4.39 Å². The van der Waals surface area contributed by atoms with Crippen molar-refractivity contribution < 1.29 is 13.7 Å². The van der Waals surface area contributed by atoms with Gasteiger partial charge in [0.05, 0.1) is 5.69 Å². The maximum Gasteiger partial charge on any atom is 0.226 e. The van der Waals surface area contributed by atoms with Crippen molar-refractivity contribution in [2.75, 3.05) is 13.1 Å². The maximum absolute atomic E-state index is 13.4. The summed E-state index contributed by atoms with van der Waals surface area (Å²) in [5, 5.41) is 5.11. The van der Waals surface area contributed by atoms with Gasteiger partial charge in [0.1, 0.15) is 5.82 Å². The van der Waals surface area contributed by atoms with Crippen LogP contribution in [0.5, 0.6) is 0 Å². The highest BCUT2D eigenvalue weighted by atomic mass is 19.1. The highest BCUT2D eigenvalue weighted by Gasteiger charge is 2.64. The van der Waals surface area contributed by atoms with Crippen molar-refractivity contribution in [3.63, 3.8) is 0 Å². The molecule has 3 atom stereocenters. The van der Waals surface area contributed by atoms with Crippen LogP contribution in [0.2, 0.25) is 0 Å². The van der Waals surface area contributed by atoms with Crippen LogP contribution in [0.1, 0.15) is 43.7 Å². The Hall–Kier alpha value is -2.17. The fourth-order valence-electron chi connectivity index (χ4n) is 6.09. The molecule has 2 bridgehead atoms. The number of hydrogen-bond acceptors (Lipinski definition) is 3. The summed E-state index contributed by atoms with van der Waals surface area (Å²) in [4.78, 5) is 15.2. The van der Waals surface area contributed by atoms with Crippen LogP contribution in [0.4, 0.5) is 4.39 Å². The molecular weight excluding hydrogens is 343 g/mol. The number of carbonyl (C=O) groups excluding carboxylic acids is 1. The quantitative estimate of drug-likeness (QED) is 0.746. The number of halogens is 1. The lowest BCUT2D eigenvalue weighted by atomic mass is 9.86. The Bertz CT molecular complexity index is 952. The van der Waals surface area contributed by atoms with E-state index in [1.54, 1.807) is 6.07 Å². The Morgan fingerprint density at radius 3 is 2.78 bits per heavy atom. The molecule has 2 aromatic rings. The average Bonchev–Trinajstić information content (AvgIpc) is 3.17. The van der Waals surface area contributed by atoms with Crippen molar-refractivity contribution in [2.45, 2.75) is 38.0 Å². The fraction of sp³-hybridized carbons (Fsp3) is 0.545. The molecule has 27 heavy (non-hydrogen) atoms. The molecule has 1 saturated heterocycles. The number of aromatic nitrogens is 1. The van der Waals surface area contributed by atoms with Gasteiger partial charge < -0.3 is 9.42 Å². The normalized spacial score (nSPS) is 31.3. The largest absolute Gasteiger partial charge is 0.356 e. The third-order valence-electron chi connectivity index (χ3n) is 7.69. The maximum atomic E-state index is 13.4. The molecule has 0 N–H and O–H groups in total. The SMILES string of the molecule is O=C([C@@H]1C[C@H]2C=C[C@H]1C21CC1)N1CCC(c2noc3cc(F)ccc23)CC1. The molecular formula is C22H23FN2O2. The summed E-state index contributed by atoms with van der Waals surface area (Å²) in [5.41, 5.74) is 1.89. The van der Waals surface area contributed by atoms with Gasteiger partial charge >= 0.3 is 0 Å². The number of allylic oxidation sites excluding steroid dienone is 2. The van der Waals surface area contributed by atoms with Crippen molar-refractivity contribution in [1.29, 1.82) is 0 Å². The fourth-order valence-corrected chi connectivity index (χ4v) is 6.09. The van der Waals surface area contributed by atoms with E-state index in [-0.39, 0.29) is 17.7 Å². The van der Waals surface area contributed by atoms with E-state index >= 15 is 0 Å². The number of carbonyl (C=O) groups is 1. The minimum absolute atomic E-state index is 0.204. The van der Waals surface area contributed by atoms with Crippen molar-refractivity contribution in [3.05, 3.63) is 41.9 Å². The van der Waals surface area contributed by atoms with Crippen LogP contribution in [-0.4, -0.2) is 29.1 Å². The first-order valence-corrected chi connectivity index (χ1v) is 10.2. The molecule has 0 radical (unpaired) electrons. The second kappa shape index (κ2) is 5.43. The first kappa shape index (κ1) is 15.8. The van der Waals surface area contributed by atoms with Crippen molar-refractivity contribution in [2.24, 2.45) is 23.2 Å². The van der Waals surface area contributed by atoms with Gasteiger partial charge in [-0.05, 0) is 61.5 Å². The van der Waals surface area contributed by atoms with Gasteiger partial charge in [-0.2, -0.15) is 0 Å². The van der Waals surface area contributed by atoms with E-state index in [1.807, 2.05) is 0 Å². The van der Waals surface area contributed by atoms with Crippen LogP contribution >= 0.6 is 0 Å². The van der Waals surface area contributed by atoms with E-state index < -0.39 is 0 Å². The van der Waals surface area contributed by atoms with Crippen LogP contribution in [0.3, 0.4) is 0 Å². The molecule has 1 amide bonds. The van der Waals surface area contributed by atoms with E-state index in [2.05, 4.69) is 22.2 Å². The predicted molar refractivity (Wildman–Crippen MR) is 98.4 cm³/mol. The monoisotopic (exact) mass is 366 g/mol. The lowest BCUT2D eigenvalue weighted by Gasteiger charge is -2.34. The zero-order chi connectivity index (χ0) is 18.2. The summed E-state index contributed by atoms with van der Waals surface area (Å²) in [6, 6.07) is 4.60. The molecule has 3 fully saturated rings. The van der Waals surface area contributed by atoms with Gasteiger partial charge in [0.25, 0.3) is 0 Å². The van der Waals surface area contributed by atoms with Gasteiger partial charge in [-0.1, -0.05) is 17.3 Å². The Morgan fingerprint density at radius 2 is 2.04 bits per heavy atom. The Morgan fingerprint density at radius 1 is 1.22 bits per heavy atom. The number of hydrogen-bond donors (Lipinski definition) is 0. The molecule has 1 aromatic heterocycles. The summed E-state index contributed by atoms with van der Waals surface area (Å²) < 4.78 is 18.7. The Balaban J connectivity index is 1.16. The number of rotatable bonds is 2. The van der Waals surface area contributed by atoms with Gasteiger partial charge in [-0.3, -0.25) is 4.79 Å². The molecule has 2 saturated carbocycles. The molecule has 140 valence electrons. The lowest BCUT2D eigenvalue weighted by molar-refractivity contribution is -0.137.